The third-order valence-electron chi connectivity index (χ3n) is 5.96. The smallest absolute Gasteiger partial charge is 0.325 e. The zero-order valence-corrected chi connectivity index (χ0v) is 22.9. The van der Waals surface area contributed by atoms with Crippen molar-refractivity contribution in [3.8, 4) is 18.0 Å². The Labute approximate surface area is 218 Å². The van der Waals surface area contributed by atoms with Crippen LogP contribution in [0.1, 0.15) is 117 Å². The number of aliphatic hydroxyl groups is 3. The highest BCUT2D eigenvalue weighted by molar-refractivity contribution is 5.09. The van der Waals surface area contributed by atoms with Gasteiger partial charge in [-0.1, -0.05) is 97.8 Å². The summed E-state index contributed by atoms with van der Waals surface area (Å²) in [6.07, 6.45) is 13.0. The van der Waals surface area contributed by atoms with Crippen molar-refractivity contribution in [3.05, 3.63) is 0 Å². The van der Waals surface area contributed by atoms with Crippen molar-refractivity contribution in [3.63, 3.8) is 0 Å². The van der Waals surface area contributed by atoms with Crippen LogP contribution >= 0.6 is 0 Å². The average Bonchev–Trinajstić information content (AvgIpc) is 2.88. The largest absolute Gasteiger partial charge is 0.460 e. The quantitative estimate of drug-likeness (QED) is 0.164. The lowest BCUT2D eigenvalue weighted by molar-refractivity contribution is 0.0774. The molecular weight excluding hydrogens is 462 g/mol. The lowest BCUT2D eigenvalue weighted by Gasteiger charge is -2.15. The monoisotopic (exact) mass is 513 g/mol. The van der Waals surface area contributed by atoms with Gasteiger partial charge in [0.05, 0.1) is 18.3 Å². The van der Waals surface area contributed by atoms with Gasteiger partial charge in [0.25, 0.3) is 0 Å². The lowest BCUT2D eigenvalue weighted by Crippen LogP contribution is -2.21. The summed E-state index contributed by atoms with van der Waals surface area (Å²) >= 11 is 0. The van der Waals surface area contributed by atoms with Gasteiger partial charge in [-0.25, -0.2) is 0 Å². The fraction of sp³-hybridized carbons (Fsp3) is 0.889. The van der Waals surface area contributed by atoms with Gasteiger partial charge < -0.3 is 29.5 Å². The first-order chi connectivity index (χ1) is 17.5. The summed E-state index contributed by atoms with van der Waals surface area (Å²) in [4.78, 5) is 12.5. The Balaban J connectivity index is 2.66. The maximum atomic E-state index is 10.2. The molecule has 0 radical (unpaired) electrons. The first kappa shape index (κ1) is 32.3. The van der Waals surface area contributed by atoms with Crippen LogP contribution in [0.3, 0.4) is 0 Å². The summed E-state index contributed by atoms with van der Waals surface area (Å²) in [7, 11) is 0. The van der Waals surface area contributed by atoms with Gasteiger partial charge in [-0.05, 0) is 19.3 Å². The molecule has 0 aliphatic rings. The Kier molecular flexibility index (Phi) is 19.2. The third-order valence-corrected chi connectivity index (χ3v) is 5.96. The van der Waals surface area contributed by atoms with Crippen LogP contribution in [0, 0.1) is 0 Å². The van der Waals surface area contributed by atoms with Crippen LogP contribution in [0.15, 0.2) is 0 Å². The molecule has 1 heterocycles. The van der Waals surface area contributed by atoms with Crippen molar-refractivity contribution < 1.29 is 29.5 Å². The second-order valence-corrected chi connectivity index (χ2v) is 9.63. The number of rotatable bonds is 24. The van der Waals surface area contributed by atoms with Crippen molar-refractivity contribution >= 4 is 0 Å². The van der Waals surface area contributed by atoms with Crippen LogP contribution < -0.4 is 14.2 Å². The van der Waals surface area contributed by atoms with Crippen LogP contribution in [-0.4, -0.2) is 68.4 Å². The molecule has 0 aliphatic carbocycles. The van der Waals surface area contributed by atoms with Gasteiger partial charge in [0.2, 0.25) is 0 Å². The molecule has 0 aliphatic heterocycles. The zero-order chi connectivity index (χ0) is 26.4. The molecule has 3 atom stereocenters. The molecule has 1 aromatic rings. The van der Waals surface area contributed by atoms with Crippen molar-refractivity contribution in [2.75, 3.05) is 19.8 Å². The minimum absolute atomic E-state index is 0.0162. The summed E-state index contributed by atoms with van der Waals surface area (Å²) < 4.78 is 16.8. The molecule has 1 aromatic heterocycles. The molecule has 210 valence electrons. The topological polar surface area (TPSA) is 127 Å². The molecule has 0 bridgehead atoms. The van der Waals surface area contributed by atoms with Crippen LogP contribution in [-0.2, 0) is 0 Å². The normalized spacial score (nSPS) is 13.8. The number of hydrogen-bond acceptors (Lipinski definition) is 9. The molecule has 0 fully saturated rings. The van der Waals surface area contributed by atoms with Gasteiger partial charge in [-0.3, -0.25) is 0 Å². The summed E-state index contributed by atoms with van der Waals surface area (Å²) in [5.41, 5.74) is 0. The van der Waals surface area contributed by atoms with E-state index in [-0.39, 0.29) is 37.9 Å². The van der Waals surface area contributed by atoms with E-state index in [4.69, 9.17) is 14.2 Å². The lowest BCUT2D eigenvalue weighted by atomic mass is 10.1. The molecular formula is C27H51N3O6. The molecule has 3 N–H and O–H groups in total. The molecule has 9 heteroatoms. The maximum Gasteiger partial charge on any atom is 0.325 e. The molecule has 0 saturated heterocycles. The highest BCUT2D eigenvalue weighted by Crippen LogP contribution is 2.17. The van der Waals surface area contributed by atoms with Crippen molar-refractivity contribution in [2.45, 2.75) is 135 Å². The van der Waals surface area contributed by atoms with Gasteiger partial charge in [0.15, 0.2) is 0 Å². The van der Waals surface area contributed by atoms with Crippen LogP contribution in [0.4, 0.5) is 0 Å². The van der Waals surface area contributed by atoms with Gasteiger partial charge in [-0.15, -0.1) is 15.0 Å². The highest BCUT2D eigenvalue weighted by Gasteiger charge is 2.15. The van der Waals surface area contributed by atoms with Crippen LogP contribution in [0.25, 0.3) is 0 Å². The predicted molar refractivity (Wildman–Crippen MR) is 141 cm³/mol. The fourth-order valence-electron chi connectivity index (χ4n) is 3.70. The summed E-state index contributed by atoms with van der Waals surface area (Å²) in [6, 6.07) is -0.0487. The Hall–Kier alpha value is -1.71. The van der Waals surface area contributed by atoms with E-state index in [0.717, 1.165) is 77.0 Å². The summed E-state index contributed by atoms with van der Waals surface area (Å²) in [6.45, 7) is 6.60. The van der Waals surface area contributed by atoms with E-state index in [9.17, 15) is 15.3 Å². The van der Waals surface area contributed by atoms with E-state index in [1.807, 2.05) is 0 Å². The highest BCUT2D eigenvalue weighted by atomic mass is 16.5. The van der Waals surface area contributed by atoms with Crippen molar-refractivity contribution in [2.24, 2.45) is 0 Å². The summed E-state index contributed by atoms with van der Waals surface area (Å²) in [5.74, 6) is 0. The fourth-order valence-corrected chi connectivity index (χ4v) is 3.70. The van der Waals surface area contributed by atoms with Crippen LogP contribution in [0.2, 0.25) is 0 Å². The van der Waals surface area contributed by atoms with E-state index in [1.165, 1.54) is 0 Å². The van der Waals surface area contributed by atoms with E-state index in [0.29, 0.717) is 19.3 Å². The second kappa shape index (κ2) is 21.4. The molecule has 36 heavy (non-hydrogen) atoms. The Bertz CT molecular complexity index is 554. The van der Waals surface area contributed by atoms with E-state index in [1.54, 1.807) is 0 Å². The molecule has 0 amide bonds. The number of hydrogen-bond donors (Lipinski definition) is 3. The molecule has 1 rings (SSSR count). The van der Waals surface area contributed by atoms with Gasteiger partial charge in [0, 0.05) is 0 Å². The molecule has 3 unspecified atom stereocenters. The van der Waals surface area contributed by atoms with Crippen LogP contribution in [0.5, 0.6) is 18.0 Å². The number of unbranched alkanes of at least 4 members (excludes halogenated alkanes) is 9. The molecule has 9 nitrogen and oxygen atoms in total. The molecule has 0 aromatic carbocycles. The van der Waals surface area contributed by atoms with E-state index < -0.39 is 18.3 Å². The SMILES string of the molecule is CCCCCCC(O)COc1nc(OCC(O)CCCCCC)nc(OCC(O)CCCCCC)n1. The standard InChI is InChI=1S/C27H51N3O6/c1-4-7-10-13-16-22(31)19-34-25-28-26(35-20-23(32)17-14-11-8-5-2)30-27(29-25)36-21-24(33)18-15-12-9-6-3/h22-24,31-33H,4-21H2,1-3H3. The maximum absolute atomic E-state index is 10.2. The number of ether oxygens (including phenoxy) is 3. The number of aliphatic hydroxyl groups excluding tert-OH is 3. The predicted octanol–water partition coefficient (Wildman–Crippen LogP) is 5.00. The first-order valence-corrected chi connectivity index (χ1v) is 14.2. The third kappa shape index (κ3) is 16.9. The average molecular weight is 514 g/mol. The Morgan fingerprint density at radius 3 is 1.00 bits per heavy atom. The minimum Gasteiger partial charge on any atom is -0.460 e. The van der Waals surface area contributed by atoms with E-state index >= 15 is 0 Å². The minimum atomic E-state index is -0.623. The Morgan fingerprint density at radius 1 is 0.472 bits per heavy atom. The second-order valence-electron chi connectivity index (χ2n) is 9.63. The molecule has 0 spiro atoms. The molecule has 0 saturated carbocycles. The number of nitrogens with zero attached hydrogens (tertiary/aromatic N) is 3. The van der Waals surface area contributed by atoms with Gasteiger partial charge >= 0.3 is 18.0 Å². The van der Waals surface area contributed by atoms with Crippen molar-refractivity contribution in [1.29, 1.82) is 0 Å². The zero-order valence-electron chi connectivity index (χ0n) is 22.9. The van der Waals surface area contributed by atoms with E-state index in [2.05, 4.69) is 35.7 Å². The van der Waals surface area contributed by atoms with Crippen molar-refractivity contribution in [1.82, 2.24) is 15.0 Å². The summed E-state index contributed by atoms with van der Waals surface area (Å²) in [5, 5.41) is 30.7. The number of aromatic nitrogens is 3. The van der Waals surface area contributed by atoms with Gasteiger partial charge in [-0.2, -0.15) is 0 Å². The van der Waals surface area contributed by atoms with Gasteiger partial charge in [0.1, 0.15) is 19.8 Å². The Morgan fingerprint density at radius 2 is 0.750 bits per heavy atom. The first-order valence-electron chi connectivity index (χ1n) is 14.2.